The predicted molar refractivity (Wildman–Crippen MR) is 59.2 cm³/mol. The fraction of sp³-hybridized carbons (Fsp3) is 0.167. The van der Waals surface area contributed by atoms with Crippen molar-refractivity contribution in [3.8, 4) is 17.7 Å². The Morgan fingerprint density at radius 2 is 2.00 bits per heavy atom. The van der Waals surface area contributed by atoms with Crippen LogP contribution in [0.4, 0.5) is 0 Å². The molecule has 0 amide bonds. The third kappa shape index (κ3) is 1.75. The van der Waals surface area contributed by atoms with Crippen molar-refractivity contribution in [2.24, 2.45) is 7.05 Å². The molecule has 4 nitrogen and oxygen atoms in total. The molecule has 16 heavy (non-hydrogen) atoms. The maximum absolute atomic E-state index is 9.01. The molecule has 0 aliphatic heterocycles. The molecule has 0 atom stereocenters. The van der Waals surface area contributed by atoms with Gasteiger partial charge in [0.15, 0.2) is 0 Å². The van der Waals surface area contributed by atoms with E-state index in [4.69, 9.17) is 10.00 Å². The molecule has 2 rings (SSSR count). The molecule has 0 saturated carbocycles. The van der Waals surface area contributed by atoms with Gasteiger partial charge in [-0.25, -0.2) is 4.68 Å². The van der Waals surface area contributed by atoms with Crippen molar-refractivity contribution in [3.05, 3.63) is 41.6 Å². The second kappa shape index (κ2) is 4.07. The van der Waals surface area contributed by atoms with Gasteiger partial charge in [-0.15, -0.1) is 0 Å². The number of benzene rings is 1. The normalized spacial score (nSPS) is 9.81. The summed E-state index contributed by atoms with van der Waals surface area (Å²) in [5.74, 6) is 1.17. The summed E-state index contributed by atoms with van der Waals surface area (Å²) in [5.41, 5.74) is 1.15. The van der Waals surface area contributed by atoms with Crippen LogP contribution in [0.2, 0.25) is 0 Å². The third-order valence-corrected chi connectivity index (χ3v) is 2.24. The van der Waals surface area contributed by atoms with Crippen LogP contribution in [0.5, 0.6) is 11.6 Å². The number of nitrogens with zero attached hydrogens (tertiary/aromatic N) is 3. The molecule has 4 heteroatoms. The maximum Gasteiger partial charge on any atom is 0.235 e. The third-order valence-electron chi connectivity index (χ3n) is 2.24. The Labute approximate surface area is 93.7 Å². The number of para-hydroxylation sites is 1. The number of rotatable bonds is 2. The Morgan fingerprint density at radius 1 is 1.31 bits per heavy atom. The summed E-state index contributed by atoms with van der Waals surface area (Å²) < 4.78 is 7.20. The highest BCUT2D eigenvalue weighted by atomic mass is 16.5. The first kappa shape index (κ1) is 10.2. The molecule has 0 saturated heterocycles. The summed E-state index contributed by atoms with van der Waals surface area (Å²) in [7, 11) is 1.76. The molecule has 0 spiro atoms. The first-order valence-corrected chi connectivity index (χ1v) is 4.89. The lowest BCUT2D eigenvalue weighted by Crippen LogP contribution is -1.95. The van der Waals surface area contributed by atoms with Gasteiger partial charge >= 0.3 is 0 Å². The molecular weight excluding hydrogens is 202 g/mol. The van der Waals surface area contributed by atoms with E-state index in [9.17, 15) is 0 Å². The van der Waals surface area contributed by atoms with E-state index in [-0.39, 0.29) is 0 Å². The van der Waals surface area contributed by atoms with E-state index in [1.807, 2.05) is 30.3 Å². The standard InChI is InChI=1S/C12H11N3O/c1-9-11(8-13)12(15(2)14-9)16-10-6-4-3-5-7-10/h3-7H,1-2H3. The molecule has 0 aliphatic carbocycles. The van der Waals surface area contributed by atoms with Gasteiger partial charge in [-0.2, -0.15) is 10.4 Å². The summed E-state index contributed by atoms with van der Waals surface area (Å²) >= 11 is 0. The van der Waals surface area contributed by atoms with Gasteiger partial charge in [0.1, 0.15) is 17.4 Å². The van der Waals surface area contributed by atoms with Crippen LogP contribution in [0, 0.1) is 18.3 Å². The van der Waals surface area contributed by atoms with Crippen LogP contribution >= 0.6 is 0 Å². The number of ether oxygens (including phenoxy) is 1. The molecule has 0 fully saturated rings. The smallest absolute Gasteiger partial charge is 0.235 e. The highest BCUT2D eigenvalue weighted by Crippen LogP contribution is 2.25. The highest BCUT2D eigenvalue weighted by Gasteiger charge is 2.14. The van der Waals surface area contributed by atoms with Gasteiger partial charge in [-0.3, -0.25) is 0 Å². The summed E-state index contributed by atoms with van der Waals surface area (Å²) in [5, 5.41) is 13.2. The quantitative estimate of drug-likeness (QED) is 0.769. The molecular formula is C12H11N3O. The maximum atomic E-state index is 9.01. The van der Waals surface area contributed by atoms with Crippen molar-refractivity contribution in [2.75, 3.05) is 0 Å². The Kier molecular flexibility index (Phi) is 2.61. The molecule has 1 aromatic carbocycles. The minimum absolute atomic E-state index is 0.478. The summed E-state index contributed by atoms with van der Waals surface area (Å²) in [6, 6.07) is 11.4. The zero-order valence-corrected chi connectivity index (χ0v) is 9.14. The topological polar surface area (TPSA) is 50.8 Å². The van der Waals surface area contributed by atoms with Gasteiger partial charge in [0, 0.05) is 7.05 Å². The molecule has 1 heterocycles. The molecule has 2 aromatic rings. The first-order chi connectivity index (χ1) is 7.72. The summed E-state index contributed by atoms with van der Waals surface area (Å²) in [6.07, 6.45) is 0. The lowest BCUT2D eigenvalue weighted by molar-refractivity contribution is 0.429. The lowest BCUT2D eigenvalue weighted by atomic mass is 10.3. The molecule has 0 radical (unpaired) electrons. The van der Waals surface area contributed by atoms with Gasteiger partial charge in [-0.05, 0) is 19.1 Å². The SMILES string of the molecule is Cc1nn(C)c(Oc2ccccc2)c1C#N. The number of nitriles is 1. The van der Waals surface area contributed by atoms with Gasteiger partial charge in [0.2, 0.25) is 5.88 Å². The largest absolute Gasteiger partial charge is 0.438 e. The van der Waals surface area contributed by atoms with Crippen LogP contribution in [0.15, 0.2) is 30.3 Å². The Hall–Kier alpha value is -2.28. The van der Waals surface area contributed by atoms with E-state index in [0.29, 0.717) is 22.9 Å². The lowest BCUT2D eigenvalue weighted by Gasteiger charge is -2.05. The number of aromatic nitrogens is 2. The highest BCUT2D eigenvalue weighted by molar-refractivity contribution is 5.44. The van der Waals surface area contributed by atoms with Gasteiger partial charge in [0.25, 0.3) is 0 Å². The van der Waals surface area contributed by atoms with Crippen molar-refractivity contribution in [3.63, 3.8) is 0 Å². The minimum Gasteiger partial charge on any atom is -0.438 e. The Bertz CT molecular complexity index is 537. The monoisotopic (exact) mass is 213 g/mol. The summed E-state index contributed by atoms with van der Waals surface area (Å²) in [6.45, 7) is 1.79. The second-order valence-electron chi connectivity index (χ2n) is 3.42. The predicted octanol–water partition coefficient (Wildman–Crippen LogP) is 2.39. The molecule has 0 unspecified atom stereocenters. The van der Waals surface area contributed by atoms with Crippen molar-refractivity contribution in [1.82, 2.24) is 9.78 Å². The fourth-order valence-corrected chi connectivity index (χ4v) is 1.48. The fourth-order valence-electron chi connectivity index (χ4n) is 1.48. The van der Waals surface area contributed by atoms with E-state index < -0.39 is 0 Å². The van der Waals surface area contributed by atoms with E-state index in [2.05, 4.69) is 11.2 Å². The minimum atomic E-state index is 0.478. The van der Waals surface area contributed by atoms with E-state index in [1.165, 1.54) is 0 Å². The molecule has 1 aromatic heterocycles. The van der Waals surface area contributed by atoms with Crippen molar-refractivity contribution < 1.29 is 4.74 Å². The van der Waals surface area contributed by atoms with Crippen LogP contribution in [0.25, 0.3) is 0 Å². The molecule has 0 bridgehead atoms. The van der Waals surface area contributed by atoms with E-state index in [0.717, 1.165) is 0 Å². The van der Waals surface area contributed by atoms with Gasteiger partial charge in [0.05, 0.1) is 5.69 Å². The second-order valence-corrected chi connectivity index (χ2v) is 3.42. The summed E-state index contributed by atoms with van der Waals surface area (Å²) in [4.78, 5) is 0. The van der Waals surface area contributed by atoms with E-state index >= 15 is 0 Å². The van der Waals surface area contributed by atoms with Gasteiger partial charge < -0.3 is 4.74 Å². The number of hydrogen-bond donors (Lipinski definition) is 0. The van der Waals surface area contributed by atoms with Crippen LogP contribution < -0.4 is 4.74 Å². The number of aryl methyl sites for hydroxylation is 2. The average molecular weight is 213 g/mol. The van der Waals surface area contributed by atoms with Crippen molar-refractivity contribution in [2.45, 2.75) is 6.92 Å². The van der Waals surface area contributed by atoms with Crippen LogP contribution in [-0.4, -0.2) is 9.78 Å². The Balaban J connectivity index is 2.39. The van der Waals surface area contributed by atoms with Crippen LogP contribution in [-0.2, 0) is 7.05 Å². The molecule has 0 aliphatic rings. The van der Waals surface area contributed by atoms with Crippen molar-refractivity contribution in [1.29, 1.82) is 5.26 Å². The Morgan fingerprint density at radius 3 is 2.62 bits per heavy atom. The zero-order chi connectivity index (χ0) is 11.5. The van der Waals surface area contributed by atoms with E-state index in [1.54, 1.807) is 18.7 Å². The molecule has 0 N–H and O–H groups in total. The average Bonchev–Trinajstić information content (AvgIpc) is 2.55. The zero-order valence-electron chi connectivity index (χ0n) is 9.14. The van der Waals surface area contributed by atoms with Crippen LogP contribution in [0.3, 0.4) is 0 Å². The van der Waals surface area contributed by atoms with Gasteiger partial charge in [-0.1, -0.05) is 18.2 Å². The first-order valence-electron chi connectivity index (χ1n) is 4.89. The van der Waals surface area contributed by atoms with Crippen molar-refractivity contribution >= 4 is 0 Å². The number of hydrogen-bond acceptors (Lipinski definition) is 3. The van der Waals surface area contributed by atoms with Crippen LogP contribution in [0.1, 0.15) is 11.3 Å². The molecule has 80 valence electrons.